The van der Waals surface area contributed by atoms with Gasteiger partial charge in [0.1, 0.15) is 5.82 Å². The molecule has 0 bridgehead atoms. The summed E-state index contributed by atoms with van der Waals surface area (Å²) in [7, 11) is 0. The molecule has 1 aliphatic rings. The summed E-state index contributed by atoms with van der Waals surface area (Å²) in [6.07, 6.45) is 8.77. The van der Waals surface area contributed by atoms with Crippen LogP contribution >= 0.6 is 0 Å². The van der Waals surface area contributed by atoms with Crippen molar-refractivity contribution in [2.45, 2.75) is 33.1 Å². The first-order valence-electron chi connectivity index (χ1n) is 9.87. The average Bonchev–Trinajstić information content (AvgIpc) is 3.27. The topological polar surface area (TPSA) is 37.3 Å². The van der Waals surface area contributed by atoms with Crippen LogP contribution in [0.25, 0.3) is 22.0 Å². The van der Waals surface area contributed by atoms with Crippen LogP contribution in [-0.2, 0) is 12.8 Å². The maximum absolute atomic E-state index is 4.56. The Morgan fingerprint density at radius 1 is 1.00 bits per heavy atom. The van der Waals surface area contributed by atoms with E-state index in [1.54, 1.807) is 0 Å². The predicted molar refractivity (Wildman–Crippen MR) is 121 cm³/mol. The van der Waals surface area contributed by atoms with Crippen molar-refractivity contribution in [1.29, 1.82) is 0 Å². The molecule has 0 atom stereocenters. The van der Waals surface area contributed by atoms with E-state index in [1.807, 2.05) is 18.6 Å². The number of pyridine rings is 1. The molecule has 3 nitrogen and oxygen atoms in total. The zero-order chi connectivity index (χ0) is 19.5. The van der Waals surface area contributed by atoms with Crippen molar-refractivity contribution in [2.24, 2.45) is 4.99 Å². The maximum Gasteiger partial charge on any atom is 0.130 e. The molecule has 0 aliphatic carbocycles. The molecular weight excluding hydrogens is 342 g/mol. The summed E-state index contributed by atoms with van der Waals surface area (Å²) in [6.45, 7) is 8.63. The number of anilines is 1. The van der Waals surface area contributed by atoms with Crippen LogP contribution in [0, 0.1) is 0 Å². The van der Waals surface area contributed by atoms with Crippen molar-refractivity contribution in [3.8, 4) is 0 Å². The number of aliphatic imine (C=N–C) groups is 1. The van der Waals surface area contributed by atoms with E-state index < -0.39 is 0 Å². The van der Waals surface area contributed by atoms with Gasteiger partial charge >= 0.3 is 0 Å². The lowest BCUT2D eigenvalue weighted by atomic mass is 9.99. The zero-order valence-corrected chi connectivity index (χ0v) is 16.5. The fourth-order valence-electron chi connectivity index (χ4n) is 3.66. The Morgan fingerprint density at radius 2 is 1.86 bits per heavy atom. The van der Waals surface area contributed by atoms with Gasteiger partial charge < -0.3 is 5.32 Å². The molecule has 0 unspecified atom stereocenters. The number of nitrogens with zero attached hydrogens (tertiary/aromatic N) is 2. The van der Waals surface area contributed by atoms with E-state index >= 15 is 0 Å². The molecule has 1 aliphatic heterocycles. The summed E-state index contributed by atoms with van der Waals surface area (Å²) in [6, 6.07) is 15.1. The van der Waals surface area contributed by atoms with Crippen LogP contribution < -0.4 is 5.32 Å². The second kappa shape index (κ2) is 7.81. The number of aryl methyl sites for hydroxylation is 2. The minimum atomic E-state index is 0.809. The van der Waals surface area contributed by atoms with E-state index in [4.69, 9.17) is 0 Å². The number of fused-ring (bicyclic) bond motifs is 1. The van der Waals surface area contributed by atoms with Gasteiger partial charge in [-0.25, -0.2) is 4.98 Å². The number of aromatic nitrogens is 1. The van der Waals surface area contributed by atoms with Crippen molar-refractivity contribution in [1.82, 2.24) is 4.98 Å². The third-order valence-corrected chi connectivity index (χ3v) is 5.33. The minimum Gasteiger partial charge on any atom is -0.340 e. The summed E-state index contributed by atoms with van der Waals surface area (Å²) in [4.78, 5) is 8.78. The van der Waals surface area contributed by atoms with Gasteiger partial charge in [0.2, 0.25) is 0 Å². The Hall–Kier alpha value is -3.20. The fraction of sp³-hybridized carbons (Fsp3) is 0.200. The highest BCUT2D eigenvalue weighted by molar-refractivity contribution is 5.91. The van der Waals surface area contributed by atoms with E-state index in [-0.39, 0.29) is 0 Å². The molecule has 1 N–H and O–H groups in total. The highest BCUT2D eigenvalue weighted by Gasteiger charge is 2.08. The number of nitrogens with one attached hydrogen (secondary N) is 1. The Morgan fingerprint density at radius 3 is 2.61 bits per heavy atom. The van der Waals surface area contributed by atoms with Gasteiger partial charge in [-0.1, -0.05) is 44.7 Å². The van der Waals surface area contributed by atoms with Crippen molar-refractivity contribution in [2.75, 3.05) is 5.32 Å². The van der Waals surface area contributed by atoms with Crippen LogP contribution in [0.4, 0.5) is 5.82 Å². The second-order valence-corrected chi connectivity index (χ2v) is 7.12. The van der Waals surface area contributed by atoms with Gasteiger partial charge in [0, 0.05) is 36.1 Å². The van der Waals surface area contributed by atoms with E-state index in [9.17, 15) is 0 Å². The Balaban J connectivity index is 1.59. The van der Waals surface area contributed by atoms with E-state index in [0.717, 1.165) is 47.1 Å². The molecule has 1 aromatic heterocycles. The molecule has 2 aromatic carbocycles. The second-order valence-electron chi connectivity index (χ2n) is 7.12. The molecule has 0 saturated carbocycles. The van der Waals surface area contributed by atoms with Gasteiger partial charge in [-0.3, -0.25) is 4.99 Å². The predicted octanol–water partition coefficient (Wildman–Crippen LogP) is 6.26. The van der Waals surface area contributed by atoms with Crippen LogP contribution in [0.15, 0.2) is 66.4 Å². The molecule has 0 spiro atoms. The Labute approximate surface area is 166 Å². The summed E-state index contributed by atoms with van der Waals surface area (Å²) in [5.41, 5.74) is 7.22. The summed E-state index contributed by atoms with van der Waals surface area (Å²) in [5, 5.41) is 5.67. The molecule has 28 heavy (non-hydrogen) atoms. The van der Waals surface area contributed by atoms with Crippen molar-refractivity contribution >= 4 is 34.1 Å². The molecule has 0 saturated heterocycles. The highest BCUT2D eigenvalue weighted by Crippen LogP contribution is 2.27. The summed E-state index contributed by atoms with van der Waals surface area (Å²) in [5.74, 6) is 0.809. The zero-order valence-electron chi connectivity index (χ0n) is 16.5. The van der Waals surface area contributed by atoms with Crippen molar-refractivity contribution in [3.05, 3.63) is 83.7 Å². The molecule has 3 aromatic rings. The minimum absolute atomic E-state index is 0.809. The number of hydrogen-bond acceptors (Lipinski definition) is 3. The Bertz CT molecular complexity index is 1110. The van der Waals surface area contributed by atoms with Gasteiger partial charge in [0.15, 0.2) is 0 Å². The van der Waals surface area contributed by atoms with E-state index in [0.29, 0.717) is 0 Å². The fourth-order valence-corrected chi connectivity index (χ4v) is 3.66. The monoisotopic (exact) mass is 367 g/mol. The highest BCUT2D eigenvalue weighted by atomic mass is 15.0. The van der Waals surface area contributed by atoms with E-state index in [1.165, 1.54) is 22.3 Å². The molecule has 4 rings (SSSR count). The number of benzene rings is 2. The average molecular weight is 367 g/mol. The Kier molecular flexibility index (Phi) is 5.07. The summed E-state index contributed by atoms with van der Waals surface area (Å²) >= 11 is 0. The number of rotatable bonds is 6. The molecule has 140 valence electrons. The lowest BCUT2D eigenvalue weighted by Crippen LogP contribution is -2.01. The van der Waals surface area contributed by atoms with Crippen molar-refractivity contribution < 1.29 is 0 Å². The number of allylic oxidation sites excluding steroid dienone is 1. The maximum atomic E-state index is 4.56. The van der Waals surface area contributed by atoms with Gasteiger partial charge in [-0.05, 0) is 64.3 Å². The molecular formula is C25H25N3. The smallest absolute Gasteiger partial charge is 0.130 e. The molecule has 3 heteroatoms. The third kappa shape index (κ3) is 3.61. The van der Waals surface area contributed by atoms with Gasteiger partial charge in [-0.15, -0.1) is 0 Å². The molecule has 2 heterocycles. The van der Waals surface area contributed by atoms with Gasteiger partial charge in [0.05, 0.1) is 0 Å². The van der Waals surface area contributed by atoms with E-state index in [2.05, 4.69) is 78.2 Å². The number of hydrogen-bond donors (Lipinski definition) is 1. The van der Waals surface area contributed by atoms with Crippen LogP contribution in [-0.4, -0.2) is 11.2 Å². The molecule has 0 radical (unpaired) electrons. The van der Waals surface area contributed by atoms with Gasteiger partial charge in [0.25, 0.3) is 0 Å². The van der Waals surface area contributed by atoms with Gasteiger partial charge in [-0.2, -0.15) is 0 Å². The van der Waals surface area contributed by atoms with Crippen LogP contribution in [0.3, 0.4) is 0 Å². The standard InChI is InChI=1S/C25H25N3/c1-4-18-6-7-20(12-19(18)5-2)17(3)28-25-14-24-13-21(23-10-11-26-15-23)8-9-22(24)16-27-25/h6-9,11-16H,3-5,10H2,1-2H3,(H,27,28). The van der Waals surface area contributed by atoms with Crippen LogP contribution in [0.1, 0.15) is 42.5 Å². The SMILES string of the molecule is C=C(Nc1cc2cc(C3=CN=CC3)ccc2cn1)c1ccc(CC)c(CC)c1. The third-order valence-electron chi connectivity index (χ3n) is 5.33. The van der Waals surface area contributed by atoms with Crippen molar-refractivity contribution in [3.63, 3.8) is 0 Å². The summed E-state index contributed by atoms with van der Waals surface area (Å²) < 4.78 is 0. The first-order valence-corrected chi connectivity index (χ1v) is 9.87. The lowest BCUT2D eigenvalue weighted by Gasteiger charge is -2.13. The molecule has 0 amide bonds. The first kappa shape index (κ1) is 18.2. The normalized spacial score (nSPS) is 13.0. The quantitative estimate of drug-likeness (QED) is 0.558. The van der Waals surface area contributed by atoms with Crippen LogP contribution in [0.2, 0.25) is 0 Å². The first-order chi connectivity index (χ1) is 13.7. The molecule has 0 fully saturated rings. The van der Waals surface area contributed by atoms with Crippen LogP contribution in [0.5, 0.6) is 0 Å². The largest absolute Gasteiger partial charge is 0.340 e. The lowest BCUT2D eigenvalue weighted by molar-refractivity contribution is 1.03.